The van der Waals surface area contributed by atoms with E-state index in [-0.39, 0.29) is 0 Å². The lowest BCUT2D eigenvalue weighted by Gasteiger charge is -2.13. The van der Waals surface area contributed by atoms with Gasteiger partial charge in [0.2, 0.25) is 0 Å². The summed E-state index contributed by atoms with van der Waals surface area (Å²) in [7, 11) is 3.87. The SMILES string of the molecule is CN(C)Nc1snc(N)c1-c1ccccc1. The summed E-state index contributed by atoms with van der Waals surface area (Å²) in [4.78, 5) is 0. The molecule has 1 heterocycles. The van der Waals surface area contributed by atoms with Crippen LogP contribution in [0.3, 0.4) is 0 Å². The van der Waals surface area contributed by atoms with Gasteiger partial charge >= 0.3 is 0 Å². The number of nitrogens with zero attached hydrogens (tertiary/aromatic N) is 2. The van der Waals surface area contributed by atoms with Gasteiger partial charge in [0.05, 0.1) is 5.56 Å². The number of nitrogens with two attached hydrogens (primary N) is 1. The molecule has 16 heavy (non-hydrogen) atoms. The standard InChI is InChI=1S/C11H14N4S/c1-15(2)13-11-9(10(12)14-16-11)8-6-4-3-5-7-8/h3-7,13H,1-2H3,(H2,12,14). The van der Waals surface area contributed by atoms with Crippen molar-refractivity contribution < 1.29 is 0 Å². The van der Waals surface area contributed by atoms with Crippen molar-refractivity contribution in [3.63, 3.8) is 0 Å². The molecule has 0 saturated heterocycles. The molecule has 5 heteroatoms. The molecule has 2 aromatic rings. The molecular formula is C11H14N4S. The lowest BCUT2D eigenvalue weighted by Crippen LogP contribution is -2.19. The zero-order valence-electron chi connectivity index (χ0n) is 9.27. The second kappa shape index (κ2) is 4.51. The molecule has 4 nitrogen and oxygen atoms in total. The van der Waals surface area contributed by atoms with Crippen LogP contribution >= 0.6 is 11.5 Å². The molecule has 3 N–H and O–H groups in total. The summed E-state index contributed by atoms with van der Waals surface area (Å²) in [5.41, 5.74) is 11.1. The summed E-state index contributed by atoms with van der Waals surface area (Å²) >= 11 is 1.37. The number of hydrogen-bond donors (Lipinski definition) is 2. The van der Waals surface area contributed by atoms with E-state index >= 15 is 0 Å². The van der Waals surface area contributed by atoms with Gasteiger partial charge in [-0.3, -0.25) is 0 Å². The summed E-state index contributed by atoms with van der Waals surface area (Å²) in [5.74, 6) is 0.570. The van der Waals surface area contributed by atoms with E-state index in [4.69, 9.17) is 5.73 Å². The topological polar surface area (TPSA) is 54.2 Å². The summed E-state index contributed by atoms with van der Waals surface area (Å²) < 4.78 is 4.18. The van der Waals surface area contributed by atoms with E-state index in [0.717, 1.165) is 16.1 Å². The molecular weight excluding hydrogens is 220 g/mol. The highest BCUT2D eigenvalue weighted by atomic mass is 32.1. The Morgan fingerprint density at radius 1 is 1.25 bits per heavy atom. The number of aromatic nitrogens is 1. The number of nitrogen functional groups attached to an aromatic ring is 1. The molecule has 0 aliphatic rings. The Morgan fingerprint density at radius 3 is 2.56 bits per heavy atom. The predicted octanol–water partition coefficient (Wildman–Crippen LogP) is 2.28. The first-order valence-corrected chi connectivity index (χ1v) is 5.70. The van der Waals surface area contributed by atoms with Crippen molar-refractivity contribution in [1.29, 1.82) is 0 Å². The number of anilines is 2. The Labute approximate surface area is 98.8 Å². The van der Waals surface area contributed by atoms with Gasteiger partial charge in [0.15, 0.2) is 0 Å². The normalized spacial score (nSPS) is 10.7. The van der Waals surface area contributed by atoms with E-state index in [1.807, 2.05) is 49.4 Å². The van der Waals surface area contributed by atoms with Crippen LogP contribution in [0.25, 0.3) is 11.1 Å². The summed E-state index contributed by atoms with van der Waals surface area (Å²) in [5, 5.41) is 2.84. The van der Waals surface area contributed by atoms with Crippen LogP contribution in [-0.4, -0.2) is 23.5 Å². The second-order valence-corrected chi connectivity index (χ2v) is 4.42. The van der Waals surface area contributed by atoms with Crippen LogP contribution in [-0.2, 0) is 0 Å². The van der Waals surface area contributed by atoms with E-state index in [2.05, 4.69) is 9.80 Å². The van der Waals surface area contributed by atoms with Crippen LogP contribution in [0.4, 0.5) is 10.8 Å². The molecule has 0 aliphatic heterocycles. The summed E-state index contributed by atoms with van der Waals surface area (Å²) in [6.07, 6.45) is 0. The molecule has 0 spiro atoms. The van der Waals surface area contributed by atoms with Crippen molar-refractivity contribution in [2.45, 2.75) is 0 Å². The minimum atomic E-state index is 0.570. The van der Waals surface area contributed by atoms with Crippen LogP contribution in [0, 0.1) is 0 Å². The average Bonchev–Trinajstić information content (AvgIpc) is 2.60. The lowest BCUT2D eigenvalue weighted by molar-refractivity contribution is 0.497. The Bertz CT molecular complexity index is 464. The maximum Gasteiger partial charge on any atom is 0.147 e. The monoisotopic (exact) mass is 234 g/mol. The van der Waals surface area contributed by atoms with Crippen molar-refractivity contribution >= 4 is 22.4 Å². The highest BCUT2D eigenvalue weighted by Gasteiger charge is 2.13. The fourth-order valence-corrected chi connectivity index (χ4v) is 2.28. The van der Waals surface area contributed by atoms with Crippen molar-refractivity contribution in [3.8, 4) is 11.1 Å². The van der Waals surface area contributed by atoms with Gasteiger partial charge in [0, 0.05) is 14.1 Å². The fourth-order valence-electron chi connectivity index (χ4n) is 1.47. The van der Waals surface area contributed by atoms with Gasteiger partial charge < -0.3 is 11.2 Å². The minimum absolute atomic E-state index is 0.570. The van der Waals surface area contributed by atoms with Gasteiger partial charge in [0.25, 0.3) is 0 Å². The van der Waals surface area contributed by atoms with E-state index < -0.39 is 0 Å². The van der Waals surface area contributed by atoms with Crippen molar-refractivity contribution in [3.05, 3.63) is 30.3 Å². The molecule has 1 aromatic heterocycles. The molecule has 84 valence electrons. The smallest absolute Gasteiger partial charge is 0.147 e. The van der Waals surface area contributed by atoms with Crippen LogP contribution in [0.2, 0.25) is 0 Å². The molecule has 0 fully saturated rings. The van der Waals surface area contributed by atoms with Gasteiger partial charge in [-0.1, -0.05) is 30.3 Å². The molecule has 0 unspecified atom stereocenters. The molecule has 0 bridgehead atoms. The van der Waals surface area contributed by atoms with Gasteiger partial charge in [-0.2, -0.15) is 4.37 Å². The van der Waals surface area contributed by atoms with E-state index in [1.54, 1.807) is 0 Å². The molecule has 2 rings (SSSR count). The van der Waals surface area contributed by atoms with Crippen LogP contribution in [0.15, 0.2) is 30.3 Å². The highest BCUT2D eigenvalue weighted by molar-refractivity contribution is 7.11. The van der Waals surface area contributed by atoms with E-state index in [9.17, 15) is 0 Å². The third-order valence-electron chi connectivity index (χ3n) is 2.11. The lowest BCUT2D eigenvalue weighted by atomic mass is 10.1. The number of rotatable bonds is 3. The fraction of sp³-hybridized carbons (Fsp3) is 0.182. The van der Waals surface area contributed by atoms with Crippen LogP contribution in [0.1, 0.15) is 0 Å². The number of nitrogens with one attached hydrogen (secondary N) is 1. The number of hydrazine groups is 1. The molecule has 0 radical (unpaired) electrons. The largest absolute Gasteiger partial charge is 0.382 e. The molecule has 0 saturated carbocycles. The maximum absolute atomic E-state index is 5.89. The number of hydrogen-bond acceptors (Lipinski definition) is 5. The van der Waals surface area contributed by atoms with Crippen molar-refractivity contribution in [1.82, 2.24) is 9.38 Å². The zero-order chi connectivity index (χ0) is 11.5. The number of benzene rings is 1. The summed E-state index contributed by atoms with van der Waals surface area (Å²) in [6.45, 7) is 0. The highest BCUT2D eigenvalue weighted by Crippen LogP contribution is 2.36. The maximum atomic E-state index is 5.89. The summed E-state index contributed by atoms with van der Waals surface area (Å²) in [6, 6.07) is 10.0. The van der Waals surface area contributed by atoms with Crippen LogP contribution < -0.4 is 11.2 Å². The first-order chi connectivity index (χ1) is 7.68. The Hall–Kier alpha value is -1.59. The van der Waals surface area contributed by atoms with Gasteiger partial charge in [-0.05, 0) is 17.1 Å². The molecule has 0 atom stereocenters. The van der Waals surface area contributed by atoms with Gasteiger partial charge in [-0.25, -0.2) is 5.01 Å². The van der Waals surface area contributed by atoms with Gasteiger partial charge in [0.1, 0.15) is 10.8 Å². The third-order valence-corrected chi connectivity index (χ3v) is 2.87. The zero-order valence-corrected chi connectivity index (χ0v) is 10.1. The van der Waals surface area contributed by atoms with Crippen molar-refractivity contribution in [2.24, 2.45) is 0 Å². The van der Waals surface area contributed by atoms with Crippen LogP contribution in [0.5, 0.6) is 0 Å². The van der Waals surface area contributed by atoms with Gasteiger partial charge in [-0.15, -0.1) is 0 Å². The average molecular weight is 234 g/mol. The second-order valence-electron chi connectivity index (χ2n) is 3.64. The van der Waals surface area contributed by atoms with E-state index in [0.29, 0.717) is 5.82 Å². The third kappa shape index (κ3) is 2.15. The molecule has 0 aliphatic carbocycles. The molecule has 0 amide bonds. The molecule has 1 aromatic carbocycles. The Balaban J connectivity index is 2.43. The first-order valence-electron chi connectivity index (χ1n) is 4.93. The Morgan fingerprint density at radius 2 is 1.94 bits per heavy atom. The Kier molecular flexibility index (Phi) is 3.07. The van der Waals surface area contributed by atoms with E-state index in [1.165, 1.54) is 11.5 Å². The predicted molar refractivity (Wildman–Crippen MR) is 69.3 cm³/mol. The quantitative estimate of drug-likeness (QED) is 0.800. The minimum Gasteiger partial charge on any atom is -0.382 e. The van der Waals surface area contributed by atoms with Crippen molar-refractivity contribution in [2.75, 3.05) is 25.3 Å². The first kappa shape index (κ1) is 10.9.